The van der Waals surface area contributed by atoms with E-state index in [1.165, 1.54) is 0 Å². The van der Waals surface area contributed by atoms with Crippen molar-refractivity contribution in [3.05, 3.63) is 10.4 Å². The van der Waals surface area contributed by atoms with Gasteiger partial charge in [-0.1, -0.05) is 0 Å². The van der Waals surface area contributed by atoms with Crippen LogP contribution in [0.25, 0.3) is 0 Å². The maximum atomic E-state index is 14.2. The Morgan fingerprint density at radius 2 is 1.83 bits per heavy atom. The molecule has 17 nitrogen and oxygen atoms in total. The van der Waals surface area contributed by atoms with E-state index in [-0.39, 0.29) is 11.8 Å². The fraction of sp³-hybridized carbons (Fsp3) is 0.556. The first-order valence-corrected chi connectivity index (χ1v) is 12.1. The molecule has 0 saturated carbocycles. The highest BCUT2D eigenvalue weighted by Crippen LogP contribution is 2.66. The van der Waals surface area contributed by atoms with Crippen molar-refractivity contribution in [2.45, 2.75) is 24.9 Å². The van der Waals surface area contributed by atoms with Crippen LogP contribution >= 0.6 is 23.5 Å². The first-order chi connectivity index (χ1) is 13.6. The molecular formula is C9H17FN5O12P3. The molecule has 0 aliphatic carbocycles. The van der Waals surface area contributed by atoms with Crippen molar-refractivity contribution in [2.24, 2.45) is 0 Å². The molecule has 1 fully saturated rings. The molecule has 0 radical (unpaired) electrons. The number of nitrogens with two attached hydrogens (primary N) is 2. The number of rotatable bonds is 9. The van der Waals surface area contributed by atoms with E-state index in [9.17, 15) is 27.8 Å². The van der Waals surface area contributed by atoms with Crippen molar-refractivity contribution in [1.82, 2.24) is 9.97 Å². The number of alkyl halides is 1. The van der Waals surface area contributed by atoms with Gasteiger partial charge >= 0.3 is 23.5 Å². The van der Waals surface area contributed by atoms with Crippen LogP contribution in [0.3, 0.4) is 0 Å². The largest absolute Gasteiger partial charge is 0.490 e. The van der Waals surface area contributed by atoms with E-state index in [1.807, 2.05) is 0 Å². The van der Waals surface area contributed by atoms with Crippen molar-refractivity contribution >= 4 is 40.9 Å². The van der Waals surface area contributed by atoms with Gasteiger partial charge < -0.3 is 41.1 Å². The number of anilines is 3. The Balaban J connectivity index is 1.95. The SMILES string of the molecule is Nc1nc(NC2OC(COP(=O)(O)OP(=O)(O)OP(=O)(O)O)CC2F)c(N)c(=O)[nH]1. The van der Waals surface area contributed by atoms with Gasteiger partial charge in [0.15, 0.2) is 12.0 Å². The van der Waals surface area contributed by atoms with Crippen molar-refractivity contribution in [1.29, 1.82) is 0 Å². The molecule has 30 heavy (non-hydrogen) atoms. The highest BCUT2D eigenvalue weighted by atomic mass is 31.3. The van der Waals surface area contributed by atoms with Gasteiger partial charge in [0.25, 0.3) is 5.56 Å². The zero-order valence-electron chi connectivity index (χ0n) is 14.5. The lowest BCUT2D eigenvalue weighted by atomic mass is 10.2. The summed E-state index contributed by atoms with van der Waals surface area (Å²) in [5.41, 5.74) is 9.66. The van der Waals surface area contributed by atoms with Gasteiger partial charge in [-0.05, 0) is 0 Å². The summed E-state index contributed by atoms with van der Waals surface area (Å²) < 4.78 is 64.2. The van der Waals surface area contributed by atoms with Crippen LogP contribution in [0.2, 0.25) is 0 Å². The highest BCUT2D eigenvalue weighted by molar-refractivity contribution is 7.66. The molecule has 5 atom stereocenters. The number of halogens is 1. The molecule has 5 unspecified atom stereocenters. The minimum atomic E-state index is -5.68. The molecule has 0 aromatic carbocycles. The minimum absolute atomic E-state index is 0.280. The molecule has 2 heterocycles. The Hall–Kier alpha value is -1.42. The molecule has 1 aliphatic rings. The number of hydrogen-bond acceptors (Lipinski definition) is 12. The predicted octanol–water partition coefficient (Wildman–Crippen LogP) is -0.857. The van der Waals surface area contributed by atoms with Gasteiger partial charge in [0, 0.05) is 6.42 Å². The van der Waals surface area contributed by atoms with Gasteiger partial charge in [0.1, 0.15) is 11.9 Å². The lowest BCUT2D eigenvalue weighted by molar-refractivity contribution is 0.0142. The van der Waals surface area contributed by atoms with E-state index in [2.05, 4.69) is 28.4 Å². The third-order valence-electron chi connectivity index (χ3n) is 3.25. The van der Waals surface area contributed by atoms with Crippen LogP contribution in [0.4, 0.5) is 21.8 Å². The van der Waals surface area contributed by atoms with Crippen LogP contribution < -0.4 is 22.3 Å². The number of phosphoric acid groups is 3. The van der Waals surface area contributed by atoms with Gasteiger partial charge in [0.2, 0.25) is 5.95 Å². The number of aromatic amines is 1. The fourth-order valence-electron chi connectivity index (χ4n) is 2.18. The lowest BCUT2D eigenvalue weighted by Crippen LogP contribution is -2.30. The molecule has 1 saturated heterocycles. The average Bonchev–Trinajstić information content (AvgIpc) is 2.87. The van der Waals surface area contributed by atoms with Gasteiger partial charge in [-0.2, -0.15) is 13.6 Å². The summed E-state index contributed by atoms with van der Waals surface area (Å²) >= 11 is 0. The van der Waals surface area contributed by atoms with Crippen LogP contribution in [-0.2, 0) is 31.6 Å². The first kappa shape index (κ1) is 24.8. The summed E-state index contributed by atoms with van der Waals surface area (Å²) in [7, 11) is -16.6. The van der Waals surface area contributed by atoms with Crippen molar-refractivity contribution < 1.29 is 55.5 Å². The zero-order valence-corrected chi connectivity index (χ0v) is 17.2. The summed E-state index contributed by atoms with van der Waals surface area (Å²) in [5, 5.41) is 2.39. The molecular weight excluding hydrogens is 482 g/mol. The Labute approximate surface area is 166 Å². The first-order valence-electron chi connectivity index (χ1n) is 7.56. The number of nitrogens with one attached hydrogen (secondary N) is 2. The van der Waals surface area contributed by atoms with Crippen molar-refractivity contribution in [2.75, 3.05) is 23.4 Å². The fourth-order valence-corrected chi connectivity index (χ4v) is 5.23. The van der Waals surface area contributed by atoms with Gasteiger partial charge in [0.05, 0.1) is 12.7 Å². The molecule has 1 aromatic rings. The second-order valence-electron chi connectivity index (χ2n) is 5.67. The second-order valence-corrected chi connectivity index (χ2v) is 10.1. The number of phosphoric ester groups is 1. The standard InChI is InChI=1S/C9H17FN5O12P3/c10-4-1-3(2-24-29(20,21)27-30(22,23)26-28(17,18)19)25-8(4)13-6-5(11)7(16)15-9(12)14-6/h3-4,8H,1-2,11H2,(H,20,21)(H,22,23)(H2,17,18,19)(H4,12,13,14,15,16). The van der Waals surface area contributed by atoms with Crippen molar-refractivity contribution in [3.8, 4) is 0 Å². The maximum absolute atomic E-state index is 14.2. The van der Waals surface area contributed by atoms with E-state index < -0.39 is 66.2 Å². The normalized spacial score (nSPS) is 26.1. The lowest BCUT2D eigenvalue weighted by Gasteiger charge is -2.19. The molecule has 0 bridgehead atoms. The van der Waals surface area contributed by atoms with Crippen LogP contribution in [0.1, 0.15) is 6.42 Å². The summed E-state index contributed by atoms with van der Waals surface area (Å²) in [6.45, 7) is -0.845. The van der Waals surface area contributed by atoms with E-state index >= 15 is 0 Å². The number of ether oxygens (including phenoxy) is 1. The van der Waals surface area contributed by atoms with E-state index in [4.69, 9.17) is 30.9 Å². The Morgan fingerprint density at radius 1 is 1.20 bits per heavy atom. The number of hydrogen-bond donors (Lipinski definition) is 8. The molecule has 0 spiro atoms. The smallest absolute Gasteiger partial charge is 0.391 e. The Kier molecular flexibility index (Phi) is 7.44. The maximum Gasteiger partial charge on any atom is 0.490 e. The summed E-state index contributed by atoms with van der Waals surface area (Å²) in [6, 6.07) is 0. The summed E-state index contributed by atoms with van der Waals surface area (Å²) in [5.74, 6) is -0.591. The second kappa shape index (κ2) is 8.98. The number of aromatic nitrogens is 2. The summed E-state index contributed by atoms with van der Waals surface area (Å²) in [6.07, 6.45) is -4.74. The average molecular weight is 499 g/mol. The van der Waals surface area contributed by atoms with E-state index in [0.717, 1.165) is 0 Å². The van der Waals surface area contributed by atoms with Crippen molar-refractivity contribution in [3.63, 3.8) is 0 Å². The Bertz CT molecular complexity index is 985. The monoisotopic (exact) mass is 499 g/mol. The van der Waals surface area contributed by atoms with Gasteiger partial charge in [-0.15, -0.1) is 0 Å². The van der Waals surface area contributed by atoms with Crippen LogP contribution in [0.15, 0.2) is 4.79 Å². The molecule has 10 N–H and O–H groups in total. The molecule has 1 aliphatic heterocycles. The van der Waals surface area contributed by atoms with E-state index in [1.54, 1.807) is 0 Å². The third kappa shape index (κ3) is 7.37. The number of nitrogen functional groups attached to an aromatic ring is 2. The number of nitrogens with zero attached hydrogens (tertiary/aromatic N) is 1. The van der Waals surface area contributed by atoms with Crippen LogP contribution in [-0.4, -0.2) is 54.7 Å². The summed E-state index contributed by atoms with van der Waals surface area (Å²) in [4.78, 5) is 52.6. The predicted molar refractivity (Wildman–Crippen MR) is 95.3 cm³/mol. The number of H-pyrrole nitrogens is 1. The zero-order chi connectivity index (χ0) is 22.9. The molecule has 1 aromatic heterocycles. The molecule has 172 valence electrons. The minimum Gasteiger partial charge on any atom is -0.391 e. The van der Waals surface area contributed by atoms with Crippen LogP contribution in [0, 0.1) is 0 Å². The Morgan fingerprint density at radius 3 is 2.43 bits per heavy atom. The molecule has 21 heteroatoms. The molecule has 2 rings (SSSR count). The molecule has 0 amide bonds. The van der Waals surface area contributed by atoms with E-state index in [0.29, 0.717) is 0 Å². The third-order valence-corrected chi connectivity index (χ3v) is 7.05. The topological polar surface area (TPSA) is 279 Å². The highest BCUT2D eigenvalue weighted by Gasteiger charge is 2.42. The van der Waals surface area contributed by atoms with Crippen LogP contribution in [0.5, 0.6) is 0 Å². The van der Waals surface area contributed by atoms with Gasteiger partial charge in [-0.25, -0.2) is 18.1 Å². The quantitative estimate of drug-likeness (QED) is 0.192. The van der Waals surface area contributed by atoms with Gasteiger partial charge in [-0.3, -0.25) is 14.3 Å².